The molecule has 0 unspecified atom stereocenters. The lowest BCUT2D eigenvalue weighted by molar-refractivity contribution is -0.150. The second kappa shape index (κ2) is 10.7. The highest BCUT2D eigenvalue weighted by molar-refractivity contribution is 7.98. The van der Waals surface area contributed by atoms with E-state index >= 15 is 0 Å². The number of rotatable bonds is 8. The Bertz CT molecular complexity index is 703. The number of thioether (sulfide) groups is 1. The summed E-state index contributed by atoms with van der Waals surface area (Å²) in [4.78, 5) is 36.9. The van der Waals surface area contributed by atoms with E-state index in [1.807, 2.05) is 39.2 Å². The summed E-state index contributed by atoms with van der Waals surface area (Å²) in [7, 11) is 0. The molecule has 162 valence electrons. The lowest BCUT2D eigenvalue weighted by Gasteiger charge is -2.21. The molecule has 0 radical (unpaired) electrons. The predicted molar refractivity (Wildman–Crippen MR) is 118 cm³/mol. The van der Waals surface area contributed by atoms with E-state index in [0.29, 0.717) is 17.7 Å². The number of carbonyl (C=O) groups is 3. The van der Waals surface area contributed by atoms with Gasteiger partial charge in [0.2, 0.25) is 0 Å². The van der Waals surface area contributed by atoms with Crippen LogP contribution < -0.4 is 10.6 Å². The van der Waals surface area contributed by atoms with Crippen molar-refractivity contribution in [3.05, 3.63) is 35.4 Å². The van der Waals surface area contributed by atoms with Gasteiger partial charge in [0.05, 0.1) is 0 Å². The zero-order chi connectivity index (χ0) is 22.2. The summed E-state index contributed by atoms with van der Waals surface area (Å²) in [6, 6.07) is 6.54. The number of amides is 2. The molecule has 0 bridgehead atoms. The fourth-order valence-electron chi connectivity index (χ4n) is 2.54. The van der Waals surface area contributed by atoms with Crippen molar-refractivity contribution >= 4 is 29.5 Å². The zero-order valence-electron chi connectivity index (χ0n) is 18.5. The fourth-order valence-corrected chi connectivity index (χ4v) is 3.01. The molecule has 2 amide bonds. The Balaban J connectivity index is 2.75. The molecular formula is C22H34N2O4S. The van der Waals surface area contributed by atoms with Gasteiger partial charge in [-0.25, -0.2) is 4.79 Å². The maximum atomic E-state index is 12.6. The van der Waals surface area contributed by atoms with Crippen LogP contribution >= 0.6 is 11.8 Å². The molecule has 0 heterocycles. The van der Waals surface area contributed by atoms with Crippen LogP contribution in [0.1, 0.15) is 63.9 Å². The minimum absolute atomic E-state index is 0.00662. The summed E-state index contributed by atoms with van der Waals surface area (Å²) >= 11 is 1.57. The molecule has 1 atom stereocenters. The smallest absolute Gasteiger partial charge is 0.329 e. The number of esters is 1. The molecule has 0 aliphatic rings. The molecule has 0 saturated heterocycles. The molecule has 1 aromatic carbocycles. The van der Waals surface area contributed by atoms with E-state index in [2.05, 4.69) is 31.4 Å². The normalized spacial score (nSPS) is 12.8. The average molecular weight is 423 g/mol. The Morgan fingerprint density at radius 1 is 1.03 bits per heavy atom. The summed E-state index contributed by atoms with van der Waals surface area (Å²) in [6.45, 7) is 11.5. The Morgan fingerprint density at radius 3 is 2.10 bits per heavy atom. The molecule has 2 N–H and O–H groups in total. The Labute approximate surface area is 178 Å². The third kappa shape index (κ3) is 9.35. The van der Waals surface area contributed by atoms with E-state index in [-0.39, 0.29) is 23.8 Å². The van der Waals surface area contributed by atoms with Gasteiger partial charge in [0.1, 0.15) is 6.04 Å². The largest absolute Gasteiger partial charge is 0.454 e. The monoisotopic (exact) mass is 422 g/mol. The SMILES string of the molecule is CSCC[C@@H](NC(=O)c1ccc(C(C)(C)C)cc1)C(=O)OCC(=O)NC(C)(C)C. The van der Waals surface area contributed by atoms with Crippen LogP contribution in [0.15, 0.2) is 24.3 Å². The van der Waals surface area contributed by atoms with E-state index in [4.69, 9.17) is 4.74 Å². The topological polar surface area (TPSA) is 84.5 Å². The van der Waals surface area contributed by atoms with Crippen molar-refractivity contribution in [2.45, 2.75) is 65.0 Å². The molecule has 0 saturated carbocycles. The van der Waals surface area contributed by atoms with Crippen LogP contribution in [-0.4, -0.2) is 48.0 Å². The first kappa shape index (κ1) is 25.0. The van der Waals surface area contributed by atoms with Crippen molar-refractivity contribution in [3.8, 4) is 0 Å². The number of hydrogen-bond acceptors (Lipinski definition) is 5. The van der Waals surface area contributed by atoms with Crippen LogP contribution in [-0.2, 0) is 19.7 Å². The summed E-state index contributed by atoms with van der Waals surface area (Å²) in [5, 5.41) is 5.47. The summed E-state index contributed by atoms with van der Waals surface area (Å²) in [6.07, 6.45) is 2.35. The first-order valence-corrected chi connectivity index (χ1v) is 11.1. The summed E-state index contributed by atoms with van der Waals surface area (Å²) in [5.74, 6) is -0.647. The highest BCUT2D eigenvalue weighted by Crippen LogP contribution is 2.22. The first-order valence-electron chi connectivity index (χ1n) is 9.71. The van der Waals surface area contributed by atoms with Crippen LogP contribution in [0.3, 0.4) is 0 Å². The first-order chi connectivity index (χ1) is 13.3. The van der Waals surface area contributed by atoms with Crippen molar-refractivity contribution in [3.63, 3.8) is 0 Å². The molecule has 0 fully saturated rings. The van der Waals surface area contributed by atoms with Crippen LogP contribution in [0, 0.1) is 0 Å². The molecule has 6 nitrogen and oxygen atoms in total. The van der Waals surface area contributed by atoms with Gasteiger partial charge in [0, 0.05) is 11.1 Å². The van der Waals surface area contributed by atoms with Gasteiger partial charge in [-0.05, 0) is 62.3 Å². The second-order valence-corrected chi connectivity index (χ2v) is 10.0. The van der Waals surface area contributed by atoms with Gasteiger partial charge in [0.25, 0.3) is 11.8 Å². The molecule has 0 aliphatic heterocycles. The molecular weight excluding hydrogens is 388 g/mol. The third-order valence-corrected chi connectivity index (χ3v) is 4.72. The molecule has 0 spiro atoms. The van der Waals surface area contributed by atoms with E-state index in [0.717, 1.165) is 5.56 Å². The predicted octanol–water partition coefficient (Wildman–Crippen LogP) is 3.29. The maximum absolute atomic E-state index is 12.6. The third-order valence-electron chi connectivity index (χ3n) is 4.07. The highest BCUT2D eigenvalue weighted by atomic mass is 32.2. The van der Waals surface area contributed by atoms with Crippen molar-refractivity contribution in [1.82, 2.24) is 10.6 Å². The number of hydrogen-bond donors (Lipinski definition) is 2. The van der Waals surface area contributed by atoms with E-state index in [1.54, 1.807) is 23.9 Å². The molecule has 0 aliphatic carbocycles. The number of nitrogens with one attached hydrogen (secondary N) is 2. The fraction of sp³-hybridized carbons (Fsp3) is 0.591. The van der Waals surface area contributed by atoms with Gasteiger partial charge in [-0.15, -0.1) is 0 Å². The van der Waals surface area contributed by atoms with E-state index in [9.17, 15) is 14.4 Å². The summed E-state index contributed by atoms with van der Waals surface area (Å²) in [5.41, 5.74) is 1.19. The molecule has 1 aromatic rings. The van der Waals surface area contributed by atoms with Gasteiger partial charge < -0.3 is 15.4 Å². The van der Waals surface area contributed by atoms with Gasteiger partial charge in [-0.2, -0.15) is 11.8 Å². The maximum Gasteiger partial charge on any atom is 0.329 e. The van der Waals surface area contributed by atoms with Crippen LogP contribution in [0.25, 0.3) is 0 Å². The molecule has 29 heavy (non-hydrogen) atoms. The van der Waals surface area contributed by atoms with Crippen LogP contribution in [0.4, 0.5) is 0 Å². The van der Waals surface area contributed by atoms with E-state index in [1.165, 1.54) is 0 Å². The number of benzene rings is 1. The summed E-state index contributed by atoms with van der Waals surface area (Å²) < 4.78 is 5.13. The average Bonchev–Trinajstić information content (AvgIpc) is 2.61. The minimum atomic E-state index is -0.806. The standard InChI is InChI=1S/C22H34N2O4S/c1-21(2,3)16-10-8-15(9-11-16)19(26)23-17(12-13-29-7)20(27)28-14-18(25)24-22(4,5)6/h8-11,17H,12-14H2,1-7H3,(H,23,26)(H,24,25)/t17-/m1/s1. The second-order valence-electron chi connectivity index (χ2n) is 9.04. The van der Waals surface area contributed by atoms with Crippen molar-refractivity contribution < 1.29 is 19.1 Å². The quantitative estimate of drug-likeness (QED) is 0.628. The molecule has 7 heteroatoms. The minimum Gasteiger partial charge on any atom is -0.454 e. The van der Waals surface area contributed by atoms with Crippen LogP contribution in [0.2, 0.25) is 0 Å². The van der Waals surface area contributed by atoms with Gasteiger partial charge in [-0.3, -0.25) is 9.59 Å². The Kier molecular flexibility index (Phi) is 9.20. The van der Waals surface area contributed by atoms with Gasteiger partial charge >= 0.3 is 5.97 Å². The number of ether oxygens (including phenoxy) is 1. The van der Waals surface area contributed by atoms with Crippen molar-refractivity contribution in [1.29, 1.82) is 0 Å². The van der Waals surface area contributed by atoms with Crippen molar-refractivity contribution in [2.24, 2.45) is 0 Å². The zero-order valence-corrected chi connectivity index (χ0v) is 19.4. The van der Waals surface area contributed by atoms with E-state index < -0.39 is 17.6 Å². The Hall–Kier alpha value is -2.02. The number of carbonyl (C=O) groups excluding carboxylic acids is 3. The van der Waals surface area contributed by atoms with Gasteiger partial charge in [0.15, 0.2) is 6.61 Å². The van der Waals surface area contributed by atoms with Gasteiger partial charge in [-0.1, -0.05) is 32.9 Å². The highest BCUT2D eigenvalue weighted by Gasteiger charge is 2.24. The molecule has 0 aromatic heterocycles. The molecule has 1 rings (SSSR count). The van der Waals surface area contributed by atoms with Crippen molar-refractivity contribution in [2.75, 3.05) is 18.6 Å². The van der Waals surface area contributed by atoms with Crippen LogP contribution in [0.5, 0.6) is 0 Å². The lowest BCUT2D eigenvalue weighted by atomic mass is 9.86. The lowest BCUT2D eigenvalue weighted by Crippen LogP contribution is -2.45. The Morgan fingerprint density at radius 2 is 1.62 bits per heavy atom.